The van der Waals surface area contributed by atoms with E-state index < -0.39 is 0 Å². The third-order valence-corrected chi connectivity index (χ3v) is 5.17. The average molecular weight is 259 g/mol. The summed E-state index contributed by atoms with van der Waals surface area (Å²) in [5, 5.41) is 0. The third-order valence-electron chi connectivity index (χ3n) is 5.17. The molecule has 19 heavy (non-hydrogen) atoms. The summed E-state index contributed by atoms with van der Waals surface area (Å²) in [6.45, 7) is 6.84. The summed E-state index contributed by atoms with van der Waals surface area (Å²) in [5.41, 5.74) is 4.75. The van der Waals surface area contributed by atoms with Crippen molar-refractivity contribution in [2.24, 2.45) is 5.92 Å². The standard InChI is InChI=1S/C18H29N/c1-14-8-10-18(11-9-14,19(4)5)13-17-7-6-15(2)12-16(17)3/h6-7,12,14H,8-11,13H2,1-5H3. The quantitative estimate of drug-likeness (QED) is 0.779. The number of nitrogens with zero attached hydrogens (tertiary/aromatic N) is 1. The van der Waals surface area contributed by atoms with Crippen LogP contribution >= 0.6 is 0 Å². The van der Waals surface area contributed by atoms with Crippen molar-refractivity contribution in [1.82, 2.24) is 4.90 Å². The maximum Gasteiger partial charge on any atom is 0.0244 e. The van der Waals surface area contributed by atoms with Crippen LogP contribution in [0.15, 0.2) is 18.2 Å². The first kappa shape index (κ1) is 14.6. The van der Waals surface area contributed by atoms with E-state index >= 15 is 0 Å². The van der Waals surface area contributed by atoms with Gasteiger partial charge in [-0.1, -0.05) is 30.7 Å². The predicted molar refractivity (Wildman–Crippen MR) is 83.7 cm³/mol. The summed E-state index contributed by atoms with van der Waals surface area (Å²) < 4.78 is 0. The Hall–Kier alpha value is -0.820. The third kappa shape index (κ3) is 3.20. The molecule has 1 aromatic rings. The fourth-order valence-corrected chi connectivity index (χ4v) is 3.48. The van der Waals surface area contributed by atoms with Gasteiger partial charge in [-0.3, -0.25) is 0 Å². The molecular formula is C18H29N. The zero-order valence-corrected chi connectivity index (χ0v) is 13.3. The van der Waals surface area contributed by atoms with Crippen LogP contribution in [0.2, 0.25) is 0 Å². The topological polar surface area (TPSA) is 3.24 Å². The highest BCUT2D eigenvalue weighted by Crippen LogP contribution is 2.38. The second-order valence-electron chi connectivity index (χ2n) is 6.91. The summed E-state index contributed by atoms with van der Waals surface area (Å²) in [5.74, 6) is 0.909. The van der Waals surface area contributed by atoms with Crippen molar-refractivity contribution in [2.45, 2.75) is 58.4 Å². The van der Waals surface area contributed by atoms with Crippen LogP contribution in [0, 0.1) is 19.8 Å². The van der Waals surface area contributed by atoms with Gasteiger partial charge in [0.2, 0.25) is 0 Å². The van der Waals surface area contributed by atoms with Crippen LogP contribution in [-0.2, 0) is 6.42 Å². The highest BCUT2D eigenvalue weighted by atomic mass is 15.1. The molecule has 0 heterocycles. The van der Waals surface area contributed by atoms with E-state index in [9.17, 15) is 0 Å². The molecule has 1 saturated carbocycles. The molecule has 1 aromatic carbocycles. The lowest BCUT2D eigenvalue weighted by atomic mass is 9.72. The van der Waals surface area contributed by atoms with Gasteiger partial charge in [0.1, 0.15) is 0 Å². The Balaban J connectivity index is 2.21. The second-order valence-corrected chi connectivity index (χ2v) is 6.91. The van der Waals surface area contributed by atoms with E-state index in [0.717, 1.165) is 5.92 Å². The van der Waals surface area contributed by atoms with E-state index in [1.54, 1.807) is 0 Å². The first-order chi connectivity index (χ1) is 8.93. The predicted octanol–water partition coefficient (Wildman–Crippen LogP) is 4.36. The van der Waals surface area contributed by atoms with Crippen molar-refractivity contribution >= 4 is 0 Å². The number of rotatable bonds is 3. The van der Waals surface area contributed by atoms with Gasteiger partial charge in [-0.05, 0) is 77.1 Å². The molecule has 1 fully saturated rings. The highest BCUT2D eigenvalue weighted by Gasteiger charge is 2.36. The molecule has 0 unspecified atom stereocenters. The highest BCUT2D eigenvalue weighted by molar-refractivity contribution is 5.32. The lowest BCUT2D eigenvalue weighted by Gasteiger charge is -2.45. The SMILES string of the molecule is Cc1ccc(CC2(N(C)C)CCC(C)CC2)c(C)c1. The minimum absolute atomic E-state index is 0.381. The monoisotopic (exact) mass is 259 g/mol. The summed E-state index contributed by atoms with van der Waals surface area (Å²) in [6, 6.07) is 6.93. The molecule has 1 aliphatic rings. The van der Waals surface area contributed by atoms with Gasteiger partial charge in [-0.2, -0.15) is 0 Å². The number of hydrogen-bond acceptors (Lipinski definition) is 1. The lowest BCUT2D eigenvalue weighted by Crippen LogP contribution is -2.48. The summed E-state index contributed by atoms with van der Waals surface area (Å²) >= 11 is 0. The van der Waals surface area contributed by atoms with E-state index in [2.05, 4.69) is 58.0 Å². The van der Waals surface area contributed by atoms with Crippen molar-refractivity contribution < 1.29 is 0 Å². The minimum atomic E-state index is 0.381. The van der Waals surface area contributed by atoms with Crippen molar-refractivity contribution in [1.29, 1.82) is 0 Å². The summed E-state index contributed by atoms with van der Waals surface area (Å²) in [6.07, 6.45) is 6.65. The van der Waals surface area contributed by atoms with Crippen molar-refractivity contribution in [3.63, 3.8) is 0 Å². The van der Waals surface area contributed by atoms with Crippen LogP contribution < -0.4 is 0 Å². The molecule has 1 heteroatoms. The molecule has 106 valence electrons. The second kappa shape index (κ2) is 5.66. The molecule has 0 aromatic heterocycles. The Kier molecular flexibility index (Phi) is 4.35. The van der Waals surface area contributed by atoms with Crippen LogP contribution in [0.4, 0.5) is 0 Å². The number of hydrogen-bond donors (Lipinski definition) is 0. The maximum absolute atomic E-state index is 2.48. The molecule has 0 atom stereocenters. The van der Waals surface area contributed by atoms with Crippen LogP contribution in [-0.4, -0.2) is 24.5 Å². The lowest BCUT2D eigenvalue weighted by molar-refractivity contribution is 0.0828. The molecular weight excluding hydrogens is 230 g/mol. The number of aryl methyl sites for hydroxylation is 2. The Morgan fingerprint density at radius 2 is 1.79 bits per heavy atom. The molecule has 0 N–H and O–H groups in total. The normalized spacial score (nSPS) is 27.8. The smallest absolute Gasteiger partial charge is 0.0244 e. The van der Waals surface area contributed by atoms with E-state index in [0.29, 0.717) is 5.54 Å². The molecule has 0 aliphatic heterocycles. The fourth-order valence-electron chi connectivity index (χ4n) is 3.48. The molecule has 0 saturated heterocycles. The Morgan fingerprint density at radius 1 is 1.16 bits per heavy atom. The largest absolute Gasteiger partial charge is 0.303 e. The van der Waals surface area contributed by atoms with Crippen LogP contribution in [0.25, 0.3) is 0 Å². The Morgan fingerprint density at radius 3 is 2.32 bits per heavy atom. The van der Waals surface area contributed by atoms with Gasteiger partial charge in [0, 0.05) is 5.54 Å². The van der Waals surface area contributed by atoms with Gasteiger partial charge in [-0.25, -0.2) is 0 Å². The van der Waals surface area contributed by atoms with Crippen molar-refractivity contribution in [2.75, 3.05) is 14.1 Å². The van der Waals surface area contributed by atoms with E-state index in [4.69, 9.17) is 0 Å². The molecule has 1 nitrogen and oxygen atoms in total. The number of likely N-dealkylation sites (N-methyl/N-ethyl adjacent to an activating group) is 1. The van der Waals surface area contributed by atoms with Gasteiger partial charge < -0.3 is 4.90 Å². The van der Waals surface area contributed by atoms with Crippen LogP contribution in [0.3, 0.4) is 0 Å². The van der Waals surface area contributed by atoms with Crippen LogP contribution in [0.1, 0.15) is 49.3 Å². The Labute approximate surface area is 119 Å². The molecule has 2 rings (SSSR count). The first-order valence-corrected chi connectivity index (χ1v) is 7.66. The van der Waals surface area contributed by atoms with E-state index in [1.807, 2.05) is 0 Å². The zero-order valence-electron chi connectivity index (χ0n) is 13.3. The van der Waals surface area contributed by atoms with Gasteiger partial charge in [0.05, 0.1) is 0 Å². The number of benzene rings is 1. The molecule has 0 amide bonds. The van der Waals surface area contributed by atoms with Crippen LogP contribution in [0.5, 0.6) is 0 Å². The first-order valence-electron chi connectivity index (χ1n) is 7.66. The molecule has 1 aliphatic carbocycles. The average Bonchev–Trinajstić information content (AvgIpc) is 2.35. The molecule has 0 spiro atoms. The van der Waals surface area contributed by atoms with Gasteiger partial charge >= 0.3 is 0 Å². The van der Waals surface area contributed by atoms with Gasteiger partial charge in [0.25, 0.3) is 0 Å². The summed E-state index contributed by atoms with van der Waals surface area (Å²) in [7, 11) is 4.53. The zero-order chi connectivity index (χ0) is 14.0. The molecule has 0 radical (unpaired) electrons. The van der Waals surface area contributed by atoms with E-state index in [1.165, 1.54) is 48.8 Å². The van der Waals surface area contributed by atoms with E-state index in [-0.39, 0.29) is 0 Å². The molecule has 0 bridgehead atoms. The summed E-state index contributed by atoms with van der Waals surface area (Å²) in [4.78, 5) is 2.48. The maximum atomic E-state index is 2.48. The Bertz CT molecular complexity index is 425. The van der Waals surface area contributed by atoms with Gasteiger partial charge in [0.15, 0.2) is 0 Å². The van der Waals surface area contributed by atoms with Crippen molar-refractivity contribution in [3.05, 3.63) is 34.9 Å². The van der Waals surface area contributed by atoms with Gasteiger partial charge in [-0.15, -0.1) is 0 Å². The minimum Gasteiger partial charge on any atom is -0.303 e. The van der Waals surface area contributed by atoms with Crippen molar-refractivity contribution in [3.8, 4) is 0 Å². The fraction of sp³-hybridized carbons (Fsp3) is 0.667.